The molecule has 0 amide bonds. The van der Waals surface area contributed by atoms with Crippen molar-refractivity contribution in [2.24, 2.45) is 0 Å². The van der Waals surface area contributed by atoms with Gasteiger partial charge in [-0.25, -0.2) is 4.79 Å². The van der Waals surface area contributed by atoms with Crippen LogP contribution in [0, 0.1) is 0 Å². The van der Waals surface area contributed by atoms with Gasteiger partial charge in [0.1, 0.15) is 6.61 Å². The maximum atomic E-state index is 12.7. The second-order valence-electron chi connectivity index (χ2n) is 14.9. The zero-order valence-corrected chi connectivity index (χ0v) is 34.4. The van der Waals surface area contributed by atoms with Crippen LogP contribution in [-0.2, 0) is 28.6 Å². The summed E-state index contributed by atoms with van der Waals surface area (Å²) in [6.07, 6.45) is 42.9. The molecule has 0 aliphatic carbocycles. The maximum Gasteiger partial charge on any atom is 0.362 e. The molecule has 2 unspecified atom stereocenters. The molecule has 0 bridgehead atoms. The number of carboxylic acid groups (broad SMARTS) is 1. The highest BCUT2D eigenvalue weighted by Crippen LogP contribution is 2.12. The smallest absolute Gasteiger partial charge is 0.362 e. The largest absolute Gasteiger partial charge is 0.477 e. The van der Waals surface area contributed by atoms with E-state index in [1.165, 1.54) is 44.9 Å². The molecule has 0 aliphatic rings. The van der Waals surface area contributed by atoms with Gasteiger partial charge in [-0.2, -0.15) is 0 Å². The molecule has 0 aromatic rings. The van der Waals surface area contributed by atoms with Crippen molar-refractivity contribution in [3.05, 3.63) is 60.8 Å². The Labute approximate surface area is 324 Å². The Morgan fingerprint density at radius 3 is 1.60 bits per heavy atom. The van der Waals surface area contributed by atoms with Gasteiger partial charge in [0.15, 0.2) is 12.1 Å². The molecule has 0 aliphatic heterocycles. The molecular weight excluding hydrogens is 666 g/mol. The third kappa shape index (κ3) is 34.5. The molecule has 53 heavy (non-hydrogen) atoms. The molecule has 0 aromatic heterocycles. The van der Waals surface area contributed by atoms with Crippen molar-refractivity contribution in [2.75, 3.05) is 41.0 Å². The Hall–Kier alpha value is -2.97. The van der Waals surface area contributed by atoms with Gasteiger partial charge in [0.25, 0.3) is 0 Å². The predicted molar refractivity (Wildman–Crippen MR) is 220 cm³/mol. The van der Waals surface area contributed by atoms with Gasteiger partial charge in [-0.15, -0.1) is 0 Å². The molecule has 304 valence electrons. The van der Waals surface area contributed by atoms with Gasteiger partial charge in [-0.05, 0) is 70.6 Å². The molecule has 0 fully saturated rings. The van der Waals surface area contributed by atoms with Crippen molar-refractivity contribution in [1.29, 1.82) is 0 Å². The van der Waals surface area contributed by atoms with Crippen LogP contribution >= 0.6 is 0 Å². The first-order chi connectivity index (χ1) is 25.6. The van der Waals surface area contributed by atoms with Gasteiger partial charge >= 0.3 is 17.9 Å². The fourth-order valence-corrected chi connectivity index (χ4v) is 5.62. The Kier molecular flexibility index (Phi) is 34.0. The van der Waals surface area contributed by atoms with Crippen molar-refractivity contribution in [3.8, 4) is 0 Å². The van der Waals surface area contributed by atoms with E-state index < -0.39 is 18.1 Å². The van der Waals surface area contributed by atoms with E-state index in [0.29, 0.717) is 19.3 Å². The molecule has 0 saturated carbocycles. The summed E-state index contributed by atoms with van der Waals surface area (Å²) in [5.41, 5.74) is 0. The van der Waals surface area contributed by atoms with Gasteiger partial charge < -0.3 is 23.8 Å². The molecule has 1 N–H and O–H groups in total. The second-order valence-corrected chi connectivity index (χ2v) is 14.9. The number of carbonyl (C=O) groups is 3. The van der Waals surface area contributed by atoms with Crippen molar-refractivity contribution < 1.29 is 38.2 Å². The van der Waals surface area contributed by atoms with Gasteiger partial charge in [-0.3, -0.25) is 9.59 Å². The van der Waals surface area contributed by atoms with E-state index in [2.05, 4.69) is 68.5 Å². The zero-order valence-electron chi connectivity index (χ0n) is 34.4. The molecular formula is C45H78NO7+. The first kappa shape index (κ1) is 50.0. The topological polar surface area (TPSA) is 99.1 Å². The van der Waals surface area contributed by atoms with Crippen LogP contribution in [0.4, 0.5) is 0 Å². The lowest BCUT2D eigenvalue weighted by atomic mass is 10.1. The molecule has 8 nitrogen and oxygen atoms in total. The van der Waals surface area contributed by atoms with Crippen LogP contribution in [0.5, 0.6) is 0 Å². The van der Waals surface area contributed by atoms with E-state index in [1.54, 1.807) is 0 Å². The number of nitrogens with zero attached hydrogens (tertiary/aromatic N) is 1. The highest BCUT2D eigenvalue weighted by molar-refractivity contribution is 5.72. The molecule has 0 rings (SSSR count). The van der Waals surface area contributed by atoms with Gasteiger partial charge in [0.2, 0.25) is 0 Å². The number of esters is 2. The first-order valence-corrected chi connectivity index (χ1v) is 20.8. The van der Waals surface area contributed by atoms with Gasteiger partial charge in [-0.1, -0.05) is 126 Å². The average Bonchev–Trinajstić information content (AvgIpc) is 3.11. The molecule has 0 heterocycles. The summed E-state index contributed by atoms with van der Waals surface area (Å²) in [7, 11) is 5.49. The number of hydrogen-bond acceptors (Lipinski definition) is 6. The molecule has 2 atom stereocenters. The van der Waals surface area contributed by atoms with Crippen LogP contribution in [-0.4, -0.2) is 80.6 Å². The minimum absolute atomic E-state index is 0.0393. The first-order valence-electron chi connectivity index (χ1n) is 20.8. The Bertz CT molecular complexity index is 1050. The van der Waals surface area contributed by atoms with Crippen molar-refractivity contribution in [3.63, 3.8) is 0 Å². The zero-order chi connectivity index (χ0) is 39.3. The lowest BCUT2D eigenvalue weighted by Gasteiger charge is -2.31. The number of rotatable bonds is 36. The monoisotopic (exact) mass is 745 g/mol. The summed E-state index contributed by atoms with van der Waals surface area (Å²) in [6, 6.07) is -0.623. The molecule has 8 heteroatoms. The van der Waals surface area contributed by atoms with E-state index in [1.807, 2.05) is 27.2 Å². The number of hydrogen-bond donors (Lipinski definition) is 1. The number of carbonyl (C=O) groups excluding carboxylic acids is 2. The fraction of sp³-hybridized carbons (Fsp3) is 0.711. The number of carboxylic acids is 1. The normalized spacial score (nSPS) is 13.6. The highest BCUT2D eigenvalue weighted by atomic mass is 16.6. The number of aliphatic carboxylic acids is 1. The maximum absolute atomic E-state index is 12.7. The van der Waals surface area contributed by atoms with Crippen molar-refractivity contribution >= 4 is 17.9 Å². The van der Waals surface area contributed by atoms with E-state index in [4.69, 9.17) is 14.2 Å². The molecule has 0 aromatic carbocycles. The summed E-state index contributed by atoms with van der Waals surface area (Å²) in [4.78, 5) is 36.7. The van der Waals surface area contributed by atoms with Crippen LogP contribution in [0.15, 0.2) is 60.8 Å². The van der Waals surface area contributed by atoms with Crippen molar-refractivity contribution in [1.82, 2.24) is 0 Å². The third-order valence-electron chi connectivity index (χ3n) is 8.90. The van der Waals surface area contributed by atoms with E-state index in [9.17, 15) is 19.5 Å². The van der Waals surface area contributed by atoms with Crippen LogP contribution in [0.1, 0.15) is 155 Å². The summed E-state index contributed by atoms with van der Waals surface area (Å²) in [5, 5.41) is 9.58. The quantitative estimate of drug-likeness (QED) is 0.0295. The lowest BCUT2D eigenvalue weighted by molar-refractivity contribution is -0.887. The summed E-state index contributed by atoms with van der Waals surface area (Å²) in [6.45, 7) is 4.58. The number of likely N-dealkylation sites (N-methyl/N-ethyl adjacent to an activating group) is 1. The number of allylic oxidation sites excluding steroid dienone is 10. The van der Waals surface area contributed by atoms with Gasteiger partial charge in [0, 0.05) is 19.3 Å². The average molecular weight is 745 g/mol. The minimum atomic E-state index is -0.886. The minimum Gasteiger partial charge on any atom is -0.477 e. The Balaban J connectivity index is 4.37. The summed E-state index contributed by atoms with van der Waals surface area (Å²) < 4.78 is 17.1. The van der Waals surface area contributed by atoms with E-state index in [-0.39, 0.29) is 42.7 Å². The van der Waals surface area contributed by atoms with Crippen molar-refractivity contribution in [2.45, 2.75) is 167 Å². The predicted octanol–water partition coefficient (Wildman–Crippen LogP) is 11.0. The Morgan fingerprint density at radius 1 is 0.566 bits per heavy atom. The van der Waals surface area contributed by atoms with Crippen LogP contribution in [0.25, 0.3) is 0 Å². The standard InChI is InChI=1S/C45H77NO7/c1-6-8-10-12-14-16-17-18-19-20-21-22-23-24-25-26-27-28-30-32-34-36-44(48)53-41(39-51-38-37-42(45(49)50)46(3,4)5)40-52-43(47)35-33-31-29-15-13-11-9-7-2/h14,16,18-19,21-22,24-25,29,31,41-42H,6-13,15,17,20,23,26-28,30,32-40H2,1-5H3/p+1/b16-14+,19-18+,22-21+,25-24+,31-29+. The fourth-order valence-electron chi connectivity index (χ4n) is 5.62. The lowest BCUT2D eigenvalue weighted by Crippen LogP contribution is -2.50. The number of quaternary nitrogens is 1. The highest BCUT2D eigenvalue weighted by Gasteiger charge is 2.31. The molecule has 0 saturated heterocycles. The van der Waals surface area contributed by atoms with Crippen LogP contribution < -0.4 is 0 Å². The molecule has 0 spiro atoms. The summed E-state index contributed by atoms with van der Waals surface area (Å²) in [5.74, 6) is -1.57. The third-order valence-corrected chi connectivity index (χ3v) is 8.90. The SMILES string of the molecule is CCCCC/C=C/C/C=C/C/C=C/C/C=C/CCCCCCCC(=O)OC(COCCC(C(=O)O)[N+](C)(C)C)COC(=O)CC/C=C/CCCCCC. The number of unbranched alkanes of at least 4 members (excludes halogenated alkanes) is 12. The van der Waals surface area contributed by atoms with Crippen LogP contribution in [0.2, 0.25) is 0 Å². The van der Waals surface area contributed by atoms with Crippen LogP contribution in [0.3, 0.4) is 0 Å². The summed E-state index contributed by atoms with van der Waals surface area (Å²) >= 11 is 0. The Morgan fingerprint density at radius 2 is 1.04 bits per heavy atom. The van der Waals surface area contributed by atoms with E-state index in [0.717, 1.165) is 70.6 Å². The van der Waals surface area contributed by atoms with E-state index >= 15 is 0 Å². The molecule has 0 radical (unpaired) electrons. The van der Waals surface area contributed by atoms with Gasteiger partial charge in [0.05, 0.1) is 34.4 Å². The second kappa shape index (κ2) is 36.0. The number of ether oxygens (including phenoxy) is 3.